The molecule has 0 radical (unpaired) electrons. The molecule has 3 rings (SSSR count). The third-order valence-electron chi connectivity index (χ3n) is 5.49. The fourth-order valence-electron chi connectivity index (χ4n) is 3.67. The first kappa shape index (κ1) is 19.2. The van der Waals surface area contributed by atoms with Crippen molar-refractivity contribution in [2.45, 2.75) is 40.5 Å². The summed E-state index contributed by atoms with van der Waals surface area (Å²) in [5, 5.41) is 0. The SMILES string of the molecule is Cc1cc(CC(=O)N2CCCN(C(=O)c3ccc(C)c(C)c3)CC2)c(C)[nH]1. The number of amides is 2. The van der Waals surface area contributed by atoms with Crippen molar-refractivity contribution in [3.8, 4) is 0 Å². The lowest BCUT2D eigenvalue weighted by Crippen LogP contribution is -2.38. The standard InChI is InChI=1S/C22H29N3O2/c1-15-6-7-19(12-16(15)2)22(27)25-9-5-8-24(10-11-25)21(26)14-20-13-17(3)23-18(20)4/h6-7,12-13,23H,5,8-11,14H2,1-4H3. The lowest BCUT2D eigenvalue weighted by molar-refractivity contribution is -0.130. The summed E-state index contributed by atoms with van der Waals surface area (Å²) >= 11 is 0. The molecule has 0 saturated carbocycles. The molecule has 144 valence electrons. The first-order valence-electron chi connectivity index (χ1n) is 9.64. The van der Waals surface area contributed by atoms with Gasteiger partial charge in [0, 0.05) is 43.1 Å². The van der Waals surface area contributed by atoms with Crippen LogP contribution in [0.15, 0.2) is 24.3 Å². The fraction of sp³-hybridized carbons (Fsp3) is 0.455. The van der Waals surface area contributed by atoms with E-state index in [4.69, 9.17) is 0 Å². The maximum absolute atomic E-state index is 12.8. The molecule has 0 spiro atoms. The minimum absolute atomic E-state index is 0.0597. The number of carbonyl (C=O) groups excluding carboxylic acids is 2. The van der Waals surface area contributed by atoms with E-state index in [0.29, 0.717) is 32.6 Å². The molecule has 1 aromatic heterocycles. The highest BCUT2D eigenvalue weighted by atomic mass is 16.2. The van der Waals surface area contributed by atoms with Crippen LogP contribution in [0.1, 0.15) is 44.9 Å². The largest absolute Gasteiger partial charge is 0.362 e. The van der Waals surface area contributed by atoms with Crippen molar-refractivity contribution >= 4 is 11.8 Å². The molecule has 1 fully saturated rings. The highest BCUT2D eigenvalue weighted by molar-refractivity contribution is 5.94. The third kappa shape index (κ3) is 4.41. The zero-order chi connectivity index (χ0) is 19.6. The molecule has 27 heavy (non-hydrogen) atoms. The number of aryl methyl sites for hydroxylation is 4. The molecule has 1 aliphatic rings. The Kier molecular flexibility index (Phi) is 5.68. The molecule has 1 saturated heterocycles. The third-order valence-corrected chi connectivity index (χ3v) is 5.49. The van der Waals surface area contributed by atoms with Gasteiger partial charge in [-0.1, -0.05) is 6.07 Å². The van der Waals surface area contributed by atoms with E-state index in [-0.39, 0.29) is 11.8 Å². The Morgan fingerprint density at radius 1 is 0.926 bits per heavy atom. The van der Waals surface area contributed by atoms with Crippen LogP contribution >= 0.6 is 0 Å². The highest BCUT2D eigenvalue weighted by Gasteiger charge is 2.23. The maximum Gasteiger partial charge on any atom is 0.253 e. The van der Waals surface area contributed by atoms with Gasteiger partial charge in [0.25, 0.3) is 5.91 Å². The molecule has 1 aromatic carbocycles. The van der Waals surface area contributed by atoms with Crippen LogP contribution in [0.5, 0.6) is 0 Å². The molecule has 2 amide bonds. The number of rotatable bonds is 3. The van der Waals surface area contributed by atoms with Crippen molar-refractivity contribution in [1.82, 2.24) is 14.8 Å². The van der Waals surface area contributed by atoms with E-state index in [1.54, 1.807) is 0 Å². The summed E-state index contributed by atoms with van der Waals surface area (Å²) in [5.41, 5.74) is 6.25. The molecular formula is C22H29N3O2. The van der Waals surface area contributed by atoms with Crippen LogP contribution in [0.4, 0.5) is 0 Å². The van der Waals surface area contributed by atoms with Gasteiger partial charge in [-0.2, -0.15) is 0 Å². The van der Waals surface area contributed by atoms with Gasteiger partial charge in [0.2, 0.25) is 5.91 Å². The van der Waals surface area contributed by atoms with Gasteiger partial charge in [-0.3, -0.25) is 9.59 Å². The summed E-state index contributed by atoms with van der Waals surface area (Å²) in [4.78, 5) is 32.6. The van der Waals surface area contributed by atoms with Gasteiger partial charge in [-0.05, 0) is 69.0 Å². The number of hydrogen-bond acceptors (Lipinski definition) is 2. The van der Waals surface area contributed by atoms with Crippen molar-refractivity contribution in [3.63, 3.8) is 0 Å². The molecule has 0 atom stereocenters. The number of carbonyl (C=O) groups is 2. The number of nitrogens with zero attached hydrogens (tertiary/aromatic N) is 2. The Hall–Kier alpha value is -2.56. The molecule has 2 aromatic rings. The van der Waals surface area contributed by atoms with Crippen LogP contribution in [-0.2, 0) is 11.2 Å². The van der Waals surface area contributed by atoms with Crippen LogP contribution in [0.3, 0.4) is 0 Å². The minimum Gasteiger partial charge on any atom is -0.362 e. The summed E-state index contributed by atoms with van der Waals surface area (Å²) in [7, 11) is 0. The summed E-state index contributed by atoms with van der Waals surface area (Å²) in [5.74, 6) is 0.196. The van der Waals surface area contributed by atoms with Crippen LogP contribution < -0.4 is 0 Å². The molecule has 0 aliphatic carbocycles. The van der Waals surface area contributed by atoms with Gasteiger partial charge in [0.1, 0.15) is 0 Å². The van der Waals surface area contributed by atoms with Gasteiger partial charge in [0.15, 0.2) is 0 Å². The average Bonchev–Trinajstić information content (AvgIpc) is 2.83. The second kappa shape index (κ2) is 7.99. The van der Waals surface area contributed by atoms with Crippen LogP contribution in [0.2, 0.25) is 0 Å². The number of nitrogens with one attached hydrogen (secondary N) is 1. The molecule has 0 bridgehead atoms. The Morgan fingerprint density at radius 3 is 2.30 bits per heavy atom. The molecule has 2 heterocycles. The molecule has 1 aliphatic heterocycles. The number of H-pyrrole nitrogens is 1. The molecule has 5 heteroatoms. The highest BCUT2D eigenvalue weighted by Crippen LogP contribution is 2.15. The van der Waals surface area contributed by atoms with E-state index in [1.807, 2.05) is 61.8 Å². The van der Waals surface area contributed by atoms with E-state index in [1.165, 1.54) is 5.56 Å². The summed E-state index contributed by atoms with van der Waals surface area (Å²) in [6.45, 7) is 10.7. The van der Waals surface area contributed by atoms with Gasteiger partial charge < -0.3 is 14.8 Å². The van der Waals surface area contributed by atoms with E-state index in [0.717, 1.165) is 34.5 Å². The average molecular weight is 367 g/mol. The van der Waals surface area contributed by atoms with E-state index >= 15 is 0 Å². The van der Waals surface area contributed by atoms with Crippen molar-refractivity contribution in [2.75, 3.05) is 26.2 Å². The van der Waals surface area contributed by atoms with Crippen LogP contribution in [0.25, 0.3) is 0 Å². The molecule has 1 N–H and O–H groups in total. The smallest absolute Gasteiger partial charge is 0.253 e. The zero-order valence-corrected chi connectivity index (χ0v) is 16.8. The van der Waals surface area contributed by atoms with Crippen LogP contribution in [-0.4, -0.2) is 52.8 Å². The Morgan fingerprint density at radius 2 is 1.63 bits per heavy atom. The van der Waals surface area contributed by atoms with Crippen molar-refractivity contribution in [3.05, 3.63) is 57.9 Å². The zero-order valence-electron chi connectivity index (χ0n) is 16.8. The lowest BCUT2D eigenvalue weighted by Gasteiger charge is -2.22. The number of benzene rings is 1. The predicted molar refractivity (Wildman–Crippen MR) is 107 cm³/mol. The monoisotopic (exact) mass is 367 g/mol. The van der Waals surface area contributed by atoms with E-state index in [9.17, 15) is 9.59 Å². The van der Waals surface area contributed by atoms with Crippen molar-refractivity contribution in [1.29, 1.82) is 0 Å². The van der Waals surface area contributed by atoms with Gasteiger partial charge in [0.05, 0.1) is 6.42 Å². The maximum atomic E-state index is 12.8. The summed E-state index contributed by atoms with van der Waals surface area (Å²) in [6.07, 6.45) is 1.23. The number of aromatic amines is 1. The minimum atomic E-state index is 0.0597. The van der Waals surface area contributed by atoms with Crippen LogP contribution in [0, 0.1) is 27.7 Å². The van der Waals surface area contributed by atoms with Crippen molar-refractivity contribution < 1.29 is 9.59 Å². The van der Waals surface area contributed by atoms with E-state index < -0.39 is 0 Å². The second-order valence-electron chi connectivity index (χ2n) is 7.60. The Bertz CT molecular complexity index is 853. The predicted octanol–water partition coefficient (Wildman–Crippen LogP) is 3.17. The Balaban J connectivity index is 1.62. The van der Waals surface area contributed by atoms with Crippen molar-refractivity contribution in [2.24, 2.45) is 0 Å². The second-order valence-corrected chi connectivity index (χ2v) is 7.60. The van der Waals surface area contributed by atoms with Gasteiger partial charge in [-0.15, -0.1) is 0 Å². The number of hydrogen-bond donors (Lipinski definition) is 1. The molecule has 0 unspecified atom stereocenters. The number of aromatic nitrogens is 1. The quantitative estimate of drug-likeness (QED) is 0.906. The summed E-state index contributed by atoms with van der Waals surface area (Å²) < 4.78 is 0. The first-order valence-corrected chi connectivity index (χ1v) is 9.64. The van der Waals surface area contributed by atoms with Gasteiger partial charge in [-0.25, -0.2) is 0 Å². The molecular weight excluding hydrogens is 338 g/mol. The van der Waals surface area contributed by atoms with Gasteiger partial charge >= 0.3 is 0 Å². The molecule has 5 nitrogen and oxygen atoms in total. The Labute approximate surface area is 161 Å². The normalized spacial score (nSPS) is 15.0. The lowest BCUT2D eigenvalue weighted by atomic mass is 10.1. The summed E-state index contributed by atoms with van der Waals surface area (Å²) in [6, 6.07) is 7.90. The van der Waals surface area contributed by atoms with E-state index in [2.05, 4.69) is 4.98 Å². The topological polar surface area (TPSA) is 56.4 Å². The fourth-order valence-corrected chi connectivity index (χ4v) is 3.67. The first-order chi connectivity index (χ1) is 12.8.